The molecule has 0 amide bonds. The van der Waals surface area contributed by atoms with Crippen LogP contribution in [0.4, 0.5) is 4.39 Å². The average Bonchev–Trinajstić information content (AvgIpc) is 2.59. The molecular weight excluding hydrogens is 501 g/mol. The monoisotopic (exact) mass is 511 g/mol. The molecule has 2 nitrogen and oxygen atoms in total. The number of fused-ring (bicyclic) bond motifs is 4. The molecule has 0 saturated heterocycles. The summed E-state index contributed by atoms with van der Waals surface area (Å²) < 4.78 is 26.7. The first kappa shape index (κ1) is 15.6. The van der Waals surface area contributed by atoms with Crippen molar-refractivity contribution in [3.05, 3.63) is 66.6 Å². The van der Waals surface area contributed by atoms with Crippen LogP contribution >= 0.6 is 0 Å². The molecule has 0 spiro atoms. The van der Waals surface area contributed by atoms with Gasteiger partial charge in [0.25, 0.3) is 0 Å². The molecule has 0 aliphatic carbocycles. The Bertz CT molecular complexity index is 1160. The van der Waals surface area contributed by atoms with E-state index in [9.17, 15) is 8.60 Å². The van der Waals surface area contributed by atoms with Crippen molar-refractivity contribution in [1.29, 1.82) is 0 Å². The predicted octanol–water partition coefficient (Wildman–Crippen LogP) is 4.47. The molecule has 4 aromatic rings. The third-order valence-corrected chi connectivity index (χ3v) is 5.70. The Morgan fingerprint density at radius 1 is 1.04 bits per heavy atom. The molecule has 1 aliphatic heterocycles. The van der Waals surface area contributed by atoms with Crippen LogP contribution in [0.1, 0.15) is 0 Å². The van der Waals surface area contributed by atoms with Crippen molar-refractivity contribution in [3.8, 4) is 11.3 Å². The minimum Gasteiger partial charge on any atom is -0.304 e. The van der Waals surface area contributed by atoms with Crippen molar-refractivity contribution < 1.29 is 28.7 Å². The predicted molar refractivity (Wildman–Crippen MR) is 88.2 cm³/mol. The maximum Gasteiger partial charge on any atom is 0.123 e. The van der Waals surface area contributed by atoms with Gasteiger partial charge in [0.05, 0.1) is 0 Å². The number of hydrogen-bond acceptors (Lipinski definition) is 2. The molecule has 5 heteroatoms. The summed E-state index contributed by atoms with van der Waals surface area (Å²) in [6, 6.07) is 17.0. The number of rotatable bonds is 0. The second-order valence-electron chi connectivity index (χ2n) is 5.50. The number of hydrogen-bond donors (Lipinski definition) is 0. The third kappa shape index (κ3) is 2.02. The van der Waals surface area contributed by atoms with Crippen LogP contribution in [0.25, 0.3) is 32.8 Å². The SMILES string of the molecule is O=S1c2ccc[c-]c2-c2nccc3c2c1cc1ccc(F)cc13.[Ir]. The van der Waals surface area contributed by atoms with Crippen molar-refractivity contribution in [2.24, 2.45) is 0 Å². The molecular formula is C19H9FIrNOS-. The van der Waals surface area contributed by atoms with Crippen LogP contribution in [0.3, 0.4) is 0 Å². The van der Waals surface area contributed by atoms with Crippen LogP contribution in [0.5, 0.6) is 0 Å². The maximum atomic E-state index is 13.7. The van der Waals surface area contributed by atoms with E-state index in [-0.39, 0.29) is 25.9 Å². The number of aromatic nitrogens is 1. The molecule has 1 radical (unpaired) electrons. The fourth-order valence-corrected chi connectivity index (χ4v) is 4.66. The van der Waals surface area contributed by atoms with Gasteiger partial charge in [0, 0.05) is 42.0 Å². The molecule has 1 atom stereocenters. The van der Waals surface area contributed by atoms with Crippen molar-refractivity contribution in [2.75, 3.05) is 0 Å². The fraction of sp³-hybridized carbons (Fsp3) is 0. The Balaban J connectivity index is 0.00000146. The van der Waals surface area contributed by atoms with Crippen LogP contribution in [-0.2, 0) is 30.9 Å². The van der Waals surface area contributed by atoms with Gasteiger partial charge in [-0.25, -0.2) is 4.39 Å². The largest absolute Gasteiger partial charge is 0.304 e. The van der Waals surface area contributed by atoms with E-state index in [1.54, 1.807) is 18.3 Å². The van der Waals surface area contributed by atoms with Gasteiger partial charge in [-0.1, -0.05) is 6.07 Å². The fourth-order valence-electron chi connectivity index (χ4n) is 3.25. The molecule has 2 heterocycles. The van der Waals surface area contributed by atoms with E-state index in [1.165, 1.54) is 12.1 Å². The van der Waals surface area contributed by atoms with E-state index in [4.69, 9.17) is 0 Å². The smallest absolute Gasteiger partial charge is 0.123 e. The Labute approximate surface area is 153 Å². The van der Waals surface area contributed by atoms with Gasteiger partial charge in [0.2, 0.25) is 0 Å². The normalized spacial score (nSPS) is 15.1. The minimum atomic E-state index is -1.29. The molecule has 0 N–H and O–H groups in total. The van der Waals surface area contributed by atoms with E-state index in [1.807, 2.05) is 24.3 Å². The first-order valence-electron chi connectivity index (χ1n) is 7.18. The molecule has 5 rings (SSSR count). The van der Waals surface area contributed by atoms with Gasteiger partial charge in [-0.15, -0.1) is 29.8 Å². The number of halogens is 1. The quantitative estimate of drug-likeness (QED) is 0.227. The molecule has 0 fully saturated rings. The van der Waals surface area contributed by atoms with E-state index >= 15 is 0 Å². The molecule has 0 saturated carbocycles. The Hall–Kier alpha value is -1.94. The van der Waals surface area contributed by atoms with E-state index < -0.39 is 10.8 Å². The number of pyridine rings is 1. The summed E-state index contributed by atoms with van der Waals surface area (Å²) in [6.07, 6.45) is 1.71. The summed E-state index contributed by atoms with van der Waals surface area (Å²) in [4.78, 5) is 5.94. The van der Waals surface area contributed by atoms with Gasteiger partial charge in [0.15, 0.2) is 0 Å². The minimum absolute atomic E-state index is 0. The van der Waals surface area contributed by atoms with Gasteiger partial charge in [-0.3, -0.25) is 4.21 Å². The molecule has 24 heavy (non-hydrogen) atoms. The first-order chi connectivity index (χ1) is 11.2. The van der Waals surface area contributed by atoms with Crippen LogP contribution in [0.2, 0.25) is 0 Å². The Kier molecular flexibility index (Phi) is 3.61. The first-order valence-corrected chi connectivity index (χ1v) is 8.33. The molecule has 1 aliphatic rings. The van der Waals surface area contributed by atoms with Crippen LogP contribution in [0.15, 0.2) is 64.5 Å². The van der Waals surface area contributed by atoms with Gasteiger partial charge >= 0.3 is 0 Å². The van der Waals surface area contributed by atoms with Crippen molar-refractivity contribution >= 4 is 32.3 Å². The van der Waals surface area contributed by atoms with E-state index in [0.717, 1.165) is 42.6 Å². The summed E-state index contributed by atoms with van der Waals surface area (Å²) in [6.45, 7) is 0. The van der Waals surface area contributed by atoms with Crippen molar-refractivity contribution in [2.45, 2.75) is 9.79 Å². The zero-order valence-corrected chi connectivity index (χ0v) is 15.4. The second kappa shape index (κ2) is 5.55. The molecule has 119 valence electrons. The van der Waals surface area contributed by atoms with Crippen molar-refractivity contribution in [3.63, 3.8) is 0 Å². The zero-order chi connectivity index (χ0) is 15.6. The summed E-state index contributed by atoms with van der Waals surface area (Å²) in [7, 11) is -1.29. The second-order valence-corrected chi connectivity index (χ2v) is 6.92. The summed E-state index contributed by atoms with van der Waals surface area (Å²) >= 11 is 0. The van der Waals surface area contributed by atoms with Crippen LogP contribution in [-0.4, -0.2) is 9.19 Å². The molecule has 1 unspecified atom stereocenters. The molecule has 1 aromatic heterocycles. The third-order valence-electron chi connectivity index (χ3n) is 4.24. The van der Waals surface area contributed by atoms with Gasteiger partial charge in [-0.2, -0.15) is 0 Å². The van der Waals surface area contributed by atoms with E-state index in [2.05, 4.69) is 11.1 Å². The molecule has 0 bridgehead atoms. The maximum absolute atomic E-state index is 13.7. The van der Waals surface area contributed by atoms with Crippen molar-refractivity contribution in [1.82, 2.24) is 4.98 Å². The van der Waals surface area contributed by atoms with Crippen LogP contribution in [0, 0.1) is 11.9 Å². The molecule has 3 aromatic carbocycles. The zero-order valence-electron chi connectivity index (χ0n) is 12.2. The summed E-state index contributed by atoms with van der Waals surface area (Å²) in [5.41, 5.74) is 1.53. The standard InChI is InChI=1S/C19H9FNOS.Ir/c20-12-6-5-11-9-17-18-13(15(11)10-12)7-8-21-19(18)14-3-1-2-4-16(14)23(17)22;/h1-2,4-10H;/q-1;. The topological polar surface area (TPSA) is 30.0 Å². The van der Waals surface area contributed by atoms with Crippen LogP contribution < -0.4 is 0 Å². The van der Waals surface area contributed by atoms with Gasteiger partial charge in [0.1, 0.15) is 5.82 Å². The number of benzene rings is 3. The summed E-state index contributed by atoms with van der Waals surface area (Å²) in [5, 5.41) is 3.39. The average molecular weight is 511 g/mol. The van der Waals surface area contributed by atoms with Gasteiger partial charge < -0.3 is 4.98 Å². The van der Waals surface area contributed by atoms with E-state index in [0.29, 0.717) is 0 Å². The summed E-state index contributed by atoms with van der Waals surface area (Å²) in [5.74, 6) is -0.282. The Morgan fingerprint density at radius 3 is 2.79 bits per heavy atom. The Morgan fingerprint density at radius 2 is 1.92 bits per heavy atom. The number of nitrogens with zero attached hydrogens (tertiary/aromatic N) is 1. The van der Waals surface area contributed by atoms with Gasteiger partial charge in [-0.05, 0) is 56.4 Å².